The van der Waals surface area contributed by atoms with Gasteiger partial charge >= 0.3 is 0 Å². The van der Waals surface area contributed by atoms with Gasteiger partial charge in [-0.25, -0.2) is 0 Å². The summed E-state index contributed by atoms with van der Waals surface area (Å²) in [5.74, 6) is 0.699. The van der Waals surface area contributed by atoms with E-state index in [1.54, 1.807) is 0 Å². The van der Waals surface area contributed by atoms with Gasteiger partial charge in [-0.3, -0.25) is 0 Å². The Morgan fingerprint density at radius 2 is 2.25 bits per heavy atom. The maximum absolute atomic E-state index is 5.58. The van der Waals surface area contributed by atoms with Crippen LogP contribution in [0.3, 0.4) is 0 Å². The van der Waals surface area contributed by atoms with Gasteiger partial charge in [0.1, 0.15) is 0 Å². The van der Waals surface area contributed by atoms with Crippen LogP contribution in [-0.2, 0) is 4.74 Å². The molecule has 0 aliphatic carbocycles. The predicted octanol–water partition coefficient (Wildman–Crippen LogP) is 1.42. The zero-order chi connectivity index (χ0) is 14.4. The second-order valence-corrected chi connectivity index (χ2v) is 6.68. The van der Waals surface area contributed by atoms with Crippen molar-refractivity contribution in [2.45, 2.75) is 44.7 Å². The Balaban J connectivity index is 1.79. The minimum Gasteiger partial charge on any atom is -0.381 e. The first kappa shape index (κ1) is 16.2. The first-order valence-corrected chi connectivity index (χ1v) is 8.40. The van der Waals surface area contributed by atoms with Gasteiger partial charge < -0.3 is 19.9 Å². The number of likely N-dealkylation sites (tertiary alicyclic amines) is 1. The molecule has 0 aromatic carbocycles. The molecular weight excluding hydrogens is 250 g/mol. The number of nitrogens with zero attached hydrogens (tertiary/aromatic N) is 2. The average molecular weight is 283 g/mol. The van der Waals surface area contributed by atoms with Crippen molar-refractivity contribution >= 4 is 0 Å². The fraction of sp³-hybridized carbons (Fsp3) is 1.00. The van der Waals surface area contributed by atoms with Gasteiger partial charge in [0.05, 0.1) is 6.61 Å². The number of nitrogens with one attached hydrogen (secondary N) is 1. The maximum Gasteiger partial charge on any atom is 0.0510 e. The minimum atomic E-state index is 0.592. The highest BCUT2D eigenvalue weighted by Crippen LogP contribution is 2.19. The van der Waals surface area contributed by atoms with Gasteiger partial charge in [-0.05, 0) is 52.9 Å². The molecule has 3 atom stereocenters. The van der Waals surface area contributed by atoms with Crippen LogP contribution in [0.1, 0.15) is 32.6 Å². The molecule has 2 saturated heterocycles. The molecule has 1 N–H and O–H groups in total. The summed E-state index contributed by atoms with van der Waals surface area (Å²) in [5, 5.41) is 3.74. The summed E-state index contributed by atoms with van der Waals surface area (Å²) < 4.78 is 5.58. The molecule has 3 unspecified atom stereocenters. The Morgan fingerprint density at radius 3 is 2.85 bits per heavy atom. The van der Waals surface area contributed by atoms with Crippen LogP contribution >= 0.6 is 0 Å². The summed E-state index contributed by atoms with van der Waals surface area (Å²) >= 11 is 0. The third-order valence-electron chi connectivity index (χ3n) is 4.89. The van der Waals surface area contributed by atoms with Crippen LogP contribution < -0.4 is 5.32 Å². The molecule has 4 heteroatoms. The highest BCUT2D eigenvalue weighted by molar-refractivity contribution is 4.84. The number of likely N-dealkylation sites (N-methyl/N-ethyl adjacent to an activating group) is 2. The molecule has 0 bridgehead atoms. The molecule has 2 fully saturated rings. The van der Waals surface area contributed by atoms with E-state index in [-0.39, 0.29) is 0 Å². The van der Waals surface area contributed by atoms with Crippen molar-refractivity contribution in [2.24, 2.45) is 5.92 Å². The summed E-state index contributed by atoms with van der Waals surface area (Å²) in [6.45, 7) is 8.88. The van der Waals surface area contributed by atoms with Crippen LogP contribution in [0.2, 0.25) is 0 Å². The normalized spacial score (nSPS) is 29.4. The molecule has 2 heterocycles. The predicted molar refractivity (Wildman–Crippen MR) is 84.2 cm³/mol. The topological polar surface area (TPSA) is 27.7 Å². The van der Waals surface area contributed by atoms with Crippen molar-refractivity contribution in [3.8, 4) is 0 Å². The third-order valence-corrected chi connectivity index (χ3v) is 4.89. The molecule has 0 saturated carbocycles. The van der Waals surface area contributed by atoms with E-state index in [9.17, 15) is 0 Å². The SMILES string of the molecule is CCCNC(CN(C)CC1CCCN1C)C1CCOC1. The molecule has 2 rings (SSSR count). The molecule has 2 aliphatic rings. The standard InChI is InChI=1S/C16H33N3O/c1-4-8-17-16(14-7-10-20-13-14)12-18(2)11-15-6-5-9-19(15)3/h14-17H,4-13H2,1-3H3. The molecular formula is C16H33N3O. The Morgan fingerprint density at radius 1 is 1.40 bits per heavy atom. The van der Waals surface area contributed by atoms with Gasteiger partial charge in [-0.15, -0.1) is 0 Å². The summed E-state index contributed by atoms with van der Waals surface area (Å²) in [6.07, 6.45) is 5.15. The van der Waals surface area contributed by atoms with Crippen LogP contribution in [-0.4, -0.2) is 75.4 Å². The zero-order valence-electron chi connectivity index (χ0n) is 13.6. The number of rotatable bonds is 8. The first-order chi connectivity index (χ1) is 9.70. The van der Waals surface area contributed by atoms with Crippen molar-refractivity contribution in [2.75, 3.05) is 53.5 Å². The van der Waals surface area contributed by atoms with Crippen LogP contribution in [0, 0.1) is 5.92 Å². The second kappa shape index (κ2) is 8.32. The summed E-state index contributed by atoms with van der Waals surface area (Å²) in [5.41, 5.74) is 0. The van der Waals surface area contributed by atoms with E-state index in [1.807, 2.05) is 0 Å². The van der Waals surface area contributed by atoms with E-state index in [4.69, 9.17) is 4.74 Å². The Labute approximate surface area is 124 Å². The van der Waals surface area contributed by atoms with E-state index < -0.39 is 0 Å². The maximum atomic E-state index is 5.58. The highest BCUT2D eigenvalue weighted by Gasteiger charge is 2.28. The Kier molecular flexibility index (Phi) is 6.75. The van der Waals surface area contributed by atoms with E-state index in [0.717, 1.165) is 32.3 Å². The van der Waals surface area contributed by atoms with E-state index in [0.29, 0.717) is 12.0 Å². The molecule has 118 valence electrons. The van der Waals surface area contributed by atoms with Gasteiger partial charge in [-0.1, -0.05) is 6.92 Å². The molecule has 0 radical (unpaired) electrons. The van der Waals surface area contributed by atoms with Crippen molar-refractivity contribution in [1.29, 1.82) is 0 Å². The first-order valence-electron chi connectivity index (χ1n) is 8.40. The summed E-state index contributed by atoms with van der Waals surface area (Å²) in [7, 11) is 4.55. The van der Waals surface area contributed by atoms with E-state index in [1.165, 1.54) is 38.8 Å². The Hall–Kier alpha value is -0.160. The van der Waals surface area contributed by atoms with Crippen LogP contribution in [0.5, 0.6) is 0 Å². The van der Waals surface area contributed by atoms with Crippen molar-refractivity contribution in [1.82, 2.24) is 15.1 Å². The van der Waals surface area contributed by atoms with Crippen molar-refractivity contribution in [3.05, 3.63) is 0 Å². The minimum absolute atomic E-state index is 0.592. The third kappa shape index (κ3) is 4.69. The lowest BCUT2D eigenvalue weighted by molar-refractivity contribution is 0.157. The van der Waals surface area contributed by atoms with Crippen LogP contribution in [0.25, 0.3) is 0 Å². The highest BCUT2D eigenvalue weighted by atomic mass is 16.5. The number of hydrogen-bond donors (Lipinski definition) is 1. The smallest absolute Gasteiger partial charge is 0.0510 e. The molecule has 20 heavy (non-hydrogen) atoms. The van der Waals surface area contributed by atoms with E-state index in [2.05, 4.69) is 36.1 Å². The lowest BCUT2D eigenvalue weighted by Crippen LogP contribution is -2.47. The lowest BCUT2D eigenvalue weighted by Gasteiger charge is -2.31. The van der Waals surface area contributed by atoms with Gasteiger partial charge in [0.25, 0.3) is 0 Å². The summed E-state index contributed by atoms with van der Waals surface area (Å²) in [6, 6.07) is 1.35. The molecule has 2 aliphatic heterocycles. The molecule has 4 nitrogen and oxygen atoms in total. The average Bonchev–Trinajstić information content (AvgIpc) is 3.07. The number of hydrogen-bond acceptors (Lipinski definition) is 4. The largest absolute Gasteiger partial charge is 0.381 e. The fourth-order valence-electron chi connectivity index (χ4n) is 3.56. The van der Waals surface area contributed by atoms with Crippen LogP contribution in [0.4, 0.5) is 0 Å². The second-order valence-electron chi connectivity index (χ2n) is 6.68. The molecule has 0 spiro atoms. The van der Waals surface area contributed by atoms with Crippen LogP contribution in [0.15, 0.2) is 0 Å². The monoisotopic (exact) mass is 283 g/mol. The van der Waals surface area contributed by atoms with Gasteiger partial charge in [0, 0.05) is 37.7 Å². The molecule has 0 aromatic rings. The van der Waals surface area contributed by atoms with Gasteiger partial charge in [0.2, 0.25) is 0 Å². The quantitative estimate of drug-likeness (QED) is 0.729. The zero-order valence-corrected chi connectivity index (χ0v) is 13.6. The summed E-state index contributed by atoms with van der Waals surface area (Å²) in [4.78, 5) is 5.04. The lowest BCUT2D eigenvalue weighted by atomic mass is 9.98. The number of ether oxygens (including phenoxy) is 1. The van der Waals surface area contributed by atoms with Gasteiger partial charge in [-0.2, -0.15) is 0 Å². The van der Waals surface area contributed by atoms with Crippen molar-refractivity contribution < 1.29 is 4.74 Å². The van der Waals surface area contributed by atoms with E-state index >= 15 is 0 Å². The fourth-order valence-corrected chi connectivity index (χ4v) is 3.56. The Bertz CT molecular complexity index is 268. The van der Waals surface area contributed by atoms with Crippen molar-refractivity contribution in [3.63, 3.8) is 0 Å². The molecule has 0 amide bonds. The molecule has 0 aromatic heterocycles. The van der Waals surface area contributed by atoms with Gasteiger partial charge in [0.15, 0.2) is 0 Å².